The molecule has 0 aliphatic heterocycles. The van der Waals surface area contributed by atoms with Crippen LogP contribution in [0, 0.1) is 16.0 Å². The maximum Gasteiger partial charge on any atom is 0.321 e. The molecule has 18 heavy (non-hydrogen) atoms. The molecule has 0 spiro atoms. The predicted molar refractivity (Wildman–Crippen MR) is 61.2 cm³/mol. The van der Waals surface area contributed by atoms with Gasteiger partial charge in [-0.05, 0) is 11.0 Å². The number of carboxylic acid groups (broad SMARTS) is 1. The highest BCUT2D eigenvalue weighted by Gasteiger charge is 2.22. The Labute approximate surface area is 102 Å². The van der Waals surface area contributed by atoms with Crippen LogP contribution in [-0.4, -0.2) is 45.4 Å². The van der Waals surface area contributed by atoms with Gasteiger partial charge in [0, 0.05) is 19.7 Å². The molecule has 0 bridgehead atoms. The van der Waals surface area contributed by atoms with E-state index in [-0.39, 0.29) is 18.1 Å². The van der Waals surface area contributed by atoms with Gasteiger partial charge in [-0.1, -0.05) is 6.92 Å². The summed E-state index contributed by atoms with van der Waals surface area (Å²) in [7, 11) is 1.44. The van der Waals surface area contributed by atoms with E-state index in [1.807, 2.05) is 0 Å². The molecule has 1 aromatic heterocycles. The number of carbonyl (C=O) groups excluding carboxylic acids is 1. The Morgan fingerprint density at radius 1 is 1.56 bits per heavy atom. The van der Waals surface area contributed by atoms with Gasteiger partial charge in [0.1, 0.15) is 0 Å². The molecule has 8 heteroatoms. The number of nitrogens with zero attached hydrogens (tertiary/aromatic N) is 2. The highest BCUT2D eigenvalue weighted by Crippen LogP contribution is 2.12. The van der Waals surface area contributed by atoms with Gasteiger partial charge in [0.25, 0.3) is 5.91 Å². The molecule has 0 saturated heterocycles. The van der Waals surface area contributed by atoms with Crippen molar-refractivity contribution in [2.24, 2.45) is 5.92 Å². The standard InChI is InChI=1S/C10H13N3O5/c1-6(10(15)16)5-12(2)9(14)7-3-4-8(11-7)13(17)18/h3-4,6,11H,5H2,1-2H3,(H,15,16). The second-order valence-electron chi connectivity index (χ2n) is 3.94. The molecule has 1 amide bonds. The number of aromatic amines is 1. The van der Waals surface area contributed by atoms with E-state index in [1.54, 1.807) is 0 Å². The van der Waals surface area contributed by atoms with Gasteiger partial charge in [0.2, 0.25) is 0 Å². The molecular formula is C10H13N3O5. The van der Waals surface area contributed by atoms with Crippen molar-refractivity contribution in [1.82, 2.24) is 9.88 Å². The number of rotatable bonds is 5. The maximum atomic E-state index is 11.8. The van der Waals surface area contributed by atoms with Gasteiger partial charge < -0.3 is 20.1 Å². The Hall–Kier alpha value is -2.38. The summed E-state index contributed by atoms with van der Waals surface area (Å²) in [4.78, 5) is 35.8. The highest BCUT2D eigenvalue weighted by atomic mass is 16.6. The van der Waals surface area contributed by atoms with Crippen LogP contribution in [0.5, 0.6) is 0 Å². The first-order chi connectivity index (χ1) is 8.32. The van der Waals surface area contributed by atoms with Crippen LogP contribution in [0.1, 0.15) is 17.4 Å². The van der Waals surface area contributed by atoms with Crippen molar-refractivity contribution >= 4 is 17.7 Å². The van der Waals surface area contributed by atoms with Gasteiger partial charge in [0.15, 0.2) is 5.69 Å². The van der Waals surface area contributed by atoms with Gasteiger partial charge in [-0.2, -0.15) is 0 Å². The number of carboxylic acids is 1. The molecule has 98 valence electrons. The predicted octanol–water partition coefficient (Wildman–Crippen LogP) is 0.716. The van der Waals surface area contributed by atoms with E-state index in [9.17, 15) is 19.7 Å². The molecular weight excluding hydrogens is 242 g/mol. The molecule has 1 aromatic rings. The summed E-state index contributed by atoms with van der Waals surface area (Å²) in [5.41, 5.74) is 0.0572. The number of aliphatic carboxylic acids is 1. The first-order valence-electron chi connectivity index (χ1n) is 5.14. The lowest BCUT2D eigenvalue weighted by Gasteiger charge is -2.17. The van der Waals surface area contributed by atoms with Gasteiger partial charge in [-0.25, -0.2) is 4.98 Å². The smallest absolute Gasteiger partial charge is 0.321 e. The van der Waals surface area contributed by atoms with Gasteiger partial charge >= 0.3 is 11.8 Å². The van der Waals surface area contributed by atoms with Crippen LogP contribution < -0.4 is 0 Å². The fraction of sp³-hybridized carbons (Fsp3) is 0.400. The summed E-state index contributed by atoms with van der Waals surface area (Å²) >= 11 is 0. The minimum absolute atomic E-state index is 0.0288. The van der Waals surface area contributed by atoms with E-state index < -0.39 is 22.7 Å². The van der Waals surface area contributed by atoms with E-state index in [0.717, 1.165) is 0 Å². The molecule has 1 heterocycles. The Morgan fingerprint density at radius 3 is 2.61 bits per heavy atom. The molecule has 1 atom stereocenters. The summed E-state index contributed by atoms with van der Waals surface area (Å²) in [6, 6.07) is 2.48. The monoisotopic (exact) mass is 255 g/mol. The Bertz CT molecular complexity index is 482. The minimum Gasteiger partial charge on any atom is -0.481 e. The highest BCUT2D eigenvalue weighted by molar-refractivity contribution is 5.93. The van der Waals surface area contributed by atoms with Crippen LogP contribution >= 0.6 is 0 Å². The number of hydrogen-bond donors (Lipinski definition) is 2. The fourth-order valence-corrected chi connectivity index (χ4v) is 1.39. The lowest BCUT2D eigenvalue weighted by molar-refractivity contribution is -0.389. The van der Waals surface area contributed by atoms with Gasteiger partial charge in [0.05, 0.1) is 5.92 Å². The number of nitrogens with one attached hydrogen (secondary N) is 1. The van der Waals surface area contributed by atoms with Crippen LogP contribution in [0.3, 0.4) is 0 Å². The van der Waals surface area contributed by atoms with Crippen LogP contribution in [-0.2, 0) is 4.79 Å². The first-order valence-corrected chi connectivity index (χ1v) is 5.14. The minimum atomic E-state index is -1.01. The number of amides is 1. The molecule has 0 aliphatic rings. The quantitative estimate of drug-likeness (QED) is 0.593. The number of hydrogen-bond acceptors (Lipinski definition) is 4. The fourth-order valence-electron chi connectivity index (χ4n) is 1.39. The maximum absolute atomic E-state index is 11.8. The zero-order chi connectivity index (χ0) is 13.9. The Balaban J connectivity index is 2.74. The molecule has 0 aliphatic carbocycles. The first kappa shape index (κ1) is 13.7. The van der Waals surface area contributed by atoms with Crippen molar-refractivity contribution in [2.45, 2.75) is 6.92 Å². The average Bonchev–Trinajstić information content (AvgIpc) is 2.76. The third-order valence-corrected chi connectivity index (χ3v) is 2.41. The average molecular weight is 255 g/mol. The van der Waals surface area contributed by atoms with Crippen molar-refractivity contribution in [1.29, 1.82) is 0 Å². The molecule has 8 nitrogen and oxygen atoms in total. The second-order valence-corrected chi connectivity index (χ2v) is 3.94. The van der Waals surface area contributed by atoms with E-state index in [0.29, 0.717) is 0 Å². The van der Waals surface area contributed by atoms with E-state index in [2.05, 4.69) is 4.98 Å². The van der Waals surface area contributed by atoms with Crippen LogP contribution in [0.25, 0.3) is 0 Å². The molecule has 0 fully saturated rings. The normalized spacial score (nSPS) is 11.9. The summed E-state index contributed by atoms with van der Waals surface area (Å²) in [5, 5.41) is 19.2. The van der Waals surface area contributed by atoms with E-state index >= 15 is 0 Å². The van der Waals surface area contributed by atoms with Crippen molar-refractivity contribution in [3.8, 4) is 0 Å². The lowest BCUT2D eigenvalue weighted by atomic mass is 10.2. The van der Waals surface area contributed by atoms with Crippen molar-refractivity contribution in [2.75, 3.05) is 13.6 Å². The molecule has 0 saturated carbocycles. The summed E-state index contributed by atoms with van der Waals surface area (Å²) in [6.45, 7) is 1.50. The molecule has 1 rings (SSSR count). The van der Waals surface area contributed by atoms with E-state index in [1.165, 1.54) is 31.0 Å². The summed E-state index contributed by atoms with van der Waals surface area (Å²) in [5.74, 6) is -2.48. The lowest BCUT2D eigenvalue weighted by Crippen LogP contribution is -2.33. The number of H-pyrrole nitrogens is 1. The zero-order valence-electron chi connectivity index (χ0n) is 9.91. The largest absolute Gasteiger partial charge is 0.481 e. The van der Waals surface area contributed by atoms with Crippen LogP contribution in [0.15, 0.2) is 12.1 Å². The van der Waals surface area contributed by atoms with Gasteiger partial charge in [-0.15, -0.1) is 0 Å². The van der Waals surface area contributed by atoms with Crippen molar-refractivity contribution in [3.63, 3.8) is 0 Å². The Kier molecular flexibility index (Phi) is 4.03. The number of carbonyl (C=O) groups is 2. The van der Waals surface area contributed by atoms with Crippen LogP contribution in [0.2, 0.25) is 0 Å². The van der Waals surface area contributed by atoms with Crippen LogP contribution in [0.4, 0.5) is 5.82 Å². The number of nitro groups is 1. The topological polar surface area (TPSA) is 117 Å². The van der Waals surface area contributed by atoms with Gasteiger partial charge in [-0.3, -0.25) is 9.59 Å². The third kappa shape index (κ3) is 3.06. The van der Waals surface area contributed by atoms with E-state index in [4.69, 9.17) is 5.11 Å². The summed E-state index contributed by atoms with van der Waals surface area (Å²) in [6.07, 6.45) is 0. The molecule has 0 radical (unpaired) electrons. The van der Waals surface area contributed by atoms with Crippen molar-refractivity contribution < 1.29 is 19.6 Å². The third-order valence-electron chi connectivity index (χ3n) is 2.41. The molecule has 2 N–H and O–H groups in total. The second kappa shape index (κ2) is 5.30. The Morgan fingerprint density at radius 2 is 2.17 bits per heavy atom. The number of aromatic nitrogens is 1. The summed E-state index contributed by atoms with van der Waals surface area (Å²) < 4.78 is 0. The molecule has 1 unspecified atom stereocenters. The SMILES string of the molecule is CC(CN(C)C(=O)c1ccc([N+](=O)[O-])[nH]1)C(=O)O. The molecule has 0 aromatic carbocycles. The van der Waals surface area contributed by atoms with Crippen molar-refractivity contribution in [3.05, 3.63) is 27.9 Å². The zero-order valence-corrected chi connectivity index (χ0v) is 9.91.